The summed E-state index contributed by atoms with van der Waals surface area (Å²) < 4.78 is 6.17. The molecule has 3 aromatic rings. The summed E-state index contributed by atoms with van der Waals surface area (Å²) in [5, 5.41) is 15.0. The third kappa shape index (κ3) is 5.17. The van der Waals surface area contributed by atoms with Gasteiger partial charge < -0.3 is 9.84 Å². The Balaban J connectivity index is 1.66. The van der Waals surface area contributed by atoms with Crippen molar-refractivity contribution in [1.82, 2.24) is 0 Å². The van der Waals surface area contributed by atoms with Crippen LogP contribution >= 0.6 is 0 Å². The van der Waals surface area contributed by atoms with E-state index < -0.39 is 5.97 Å². The largest absolute Gasteiger partial charge is 0.478 e. The van der Waals surface area contributed by atoms with Crippen molar-refractivity contribution >= 4 is 29.4 Å². The van der Waals surface area contributed by atoms with Gasteiger partial charge >= 0.3 is 5.97 Å². The fourth-order valence-corrected chi connectivity index (χ4v) is 3.81. The van der Waals surface area contributed by atoms with Gasteiger partial charge in [0.05, 0.1) is 22.5 Å². The van der Waals surface area contributed by atoms with E-state index in [1.54, 1.807) is 12.1 Å². The van der Waals surface area contributed by atoms with E-state index in [1.165, 1.54) is 22.7 Å². The highest BCUT2D eigenvalue weighted by atomic mass is 16.5. The molecule has 1 aliphatic heterocycles. The maximum absolute atomic E-state index is 13.4. The topological polar surface area (TPSA) is 79.2 Å². The Labute approximate surface area is 205 Å². The van der Waals surface area contributed by atoms with Crippen LogP contribution in [0.15, 0.2) is 83.5 Å². The maximum Gasteiger partial charge on any atom is 0.335 e. The number of hydrogen-bond acceptors (Lipinski definition) is 4. The van der Waals surface area contributed by atoms with Gasteiger partial charge in [-0.3, -0.25) is 4.79 Å². The van der Waals surface area contributed by atoms with Gasteiger partial charge in [-0.25, -0.2) is 4.79 Å². The molecule has 6 nitrogen and oxygen atoms in total. The molecule has 1 amide bonds. The van der Waals surface area contributed by atoms with Crippen LogP contribution in [0.2, 0.25) is 0 Å². The van der Waals surface area contributed by atoms with E-state index in [4.69, 9.17) is 9.84 Å². The Hall–Kier alpha value is -4.19. The van der Waals surface area contributed by atoms with Gasteiger partial charge in [0.1, 0.15) is 11.5 Å². The summed E-state index contributed by atoms with van der Waals surface area (Å²) in [6, 6.07) is 21.7. The molecule has 0 aliphatic carbocycles. The summed E-state index contributed by atoms with van der Waals surface area (Å²) in [6.07, 6.45) is 1.81. The number of hydrazone groups is 1. The Morgan fingerprint density at radius 3 is 2.17 bits per heavy atom. The van der Waals surface area contributed by atoms with Gasteiger partial charge in [-0.05, 0) is 65.9 Å². The number of ether oxygens (including phenoxy) is 1. The van der Waals surface area contributed by atoms with E-state index in [1.807, 2.05) is 56.3 Å². The molecule has 0 aromatic heterocycles. The Morgan fingerprint density at radius 1 is 0.914 bits per heavy atom. The van der Waals surface area contributed by atoms with E-state index in [9.17, 15) is 9.59 Å². The molecular formula is C29H28N2O4. The lowest BCUT2D eigenvalue weighted by molar-refractivity contribution is -0.114. The number of carboxylic acid groups (broad SMARTS) is 1. The zero-order valence-corrected chi connectivity index (χ0v) is 20.2. The third-order valence-corrected chi connectivity index (χ3v) is 5.81. The maximum atomic E-state index is 13.4. The van der Waals surface area contributed by atoms with E-state index in [-0.39, 0.29) is 17.4 Å². The van der Waals surface area contributed by atoms with Crippen molar-refractivity contribution in [1.29, 1.82) is 0 Å². The molecule has 4 rings (SSSR count). The lowest BCUT2D eigenvalue weighted by atomic mass is 9.98. The molecule has 0 saturated heterocycles. The zero-order chi connectivity index (χ0) is 25.1. The van der Waals surface area contributed by atoms with Crippen molar-refractivity contribution in [2.45, 2.75) is 33.6 Å². The molecule has 178 valence electrons. The van der Waals surface area contributed by atoms with Crippen LogP contribution in [-0.4, -0.2) is 22.7 Å². The van der Waals surface area contributed by atoms with Gasteiger partial charge in [-0.1, -0.05) is 58.0 Å². The van der Waals surface area contributed by atoms with Crippen LogP contribution in [0.1, 0.15) is 55.1 Å². The number of para-hydroxylation sites is 1. The van der Waals surface area contributed by atoms with Gasteiger partial charge in [-0.15, -0.1) is 0 Å². The number of hydrogen-bond donors (Lipinski definition) is 1. The van der Waals surface area contributed by atoms with Gasteiger partial charge in [0, 0.05) is 5.56 Å². The molecule has 1 heterocycles. The number of benzene rings is 3. The van der Waals surface area contributed by atoms with Crippen molar-refractivity contribution in [2.24, 2.45) is 11.0 Å². The molecule has 1 N–H and O–H groups in total. The monoisotopic (exact) mass is 468 g/mol. The predicted molar refractivity (Wildman–Crippen MR) is 138 cm³/mol. The Morgan fingerprint density at radius 2 is 1.57 bits per heavy atom. The molecule has 0 fully saturated rings. The molecule has 35 heavy (non-hydrogen) atoms. The SMILES string of the molecule is CC(C)C1=NN(c2ccc(C(=O)O)cc2)C(=O)/C1=C\c1ccccc1Oc1ccc(C(C)C)cc1. The number of carboxylic acids is 1. The Bertz CT molecular complexity index is 1300. The summed E-state index contributed by atoms with van der Waals surface area (Å²) >= 11 is 0. The molecular weight excluding hydrogens is 440 g/mol. The van der Waals surface area contributed by atoms with Crippen molar-refractivity contribution in [2.75, 3.05) is 5.01 Å². The average Bonchev–Trinajstić information content (AvgIpc) is 3.17. The van der Waals surface area contributed by atoms with Crippen LogP contribution in [0.5, 0.6) is 11.5 Å². The molecule has 1 aliphatic rings. The van der Waals surface area contributed by atoms with Gasteiger partial charge in [0.25, 0.3) is 5.91 Å². The highest BCUT2D eigenvalue weighted by Gasteiger charge is 2.32. The Kier molecular flexibility index (Phi) is 6.82. The molecule has 6 heteroatoms. The quantitative estimate of drug-likeness (QED) is 0.389. The first-order valence-corrected chi connectivity index (χ1v) is 11.6. The summed E-state index contributed by atoms with van der Waals surface area (Å²) in [4.78, 5) is 24.6. The lowest BCUT2D eigenvalue weighted by Crippen LogP contribution is -2.21. The minimum atomic E-state index is -1.02. The van der Waals surface area contributed by atoms with Crippen LogP contribution in [0.4, 0.5) is 5.69 Å². The number of amides is 1. The van der Waals surface area contributed by atoms with Crippen molar-refractivity contribution in [3.63, 3.8) is 0 Å². The second-order valence-electron chi connectivity index (χ2n) is 9.03. The molecule has 0 unspecified atom stereocenters. The minimum Gasteiger partial charge on any atom is -0.478 e. The first-order chi connectivity index (χ1) is 16.7. The van der Waals surface area contributed by atoms with Crippen LogP contribution < -0.4 is 9.75 Å². The highest BCUT2D eigenvalue weighted by Crippen LogP contribution is 2.32. The van der Waals surface area contributed by atoms with Crippen molar-refractivity contribution in [3.05, 3.63) is 95.1 Å². The average molecular weight is 469 g/mol. The second kappa shape index (κ2) is 9.97. The summed E-state index contributed by atoms with van der Waals surface area (Å²) in [6.45, 7) is 8.26. The minimum absolute atomic E-state index is 0.00477. The third-order valence-electron chi connectivity index (χ3n) is 5.81. The van der Waals surface area contributed by atoms with Gasteiger partial charge in [-0.2, -0.15) is 10.1 Å². The van der Waals surface area contributed by atoms with Gasteiger partial charge in [0.2, 0.25) is 0 Å². The number of anilines is 1. The summed E-state index contributed by atoms with van der Waals surface area (Å²) in [5.74, 6) is 0.504. The van der Waals surface area contributed by atoms with E-state index >= 15 is 0 Å². The molecule has 0 radical (unpaired) electrons. The number of aromatic carboxylic acids is 1. The van der Waals surface area contributed by atoms with Gasteiger partial charge in [0.15, 0.2) is 0 Å². The standard InChI is InChI=1S/C29H28N2O4/c1-18(2)20-11-15-24(16-12-20)35-26-8-6-5-7-22(26)17-25-27(19(3)4)30-31(28(25)32)23-13-9-21(10-14-23)29(33)34/h5-19H,1-4H3,(H,33,34)/b25-17-. The molecule has 0 bridgehead atoms. The summed E-state index contributed by atoms with van der Waals surface area (Å²) in [5.41, 5.74) is 3.80. The number of rotatable bonds is 7. The second-order valence-corrected chi connectivity index (χ2v) is 9.03. The van der Waals surface area contributed by atoms with Crippen molar-refractivity contribution < 1.29 is 19.4 Å². The van der Waals surface area contributed by atoms with Crippen LogP contribution in [-0.2, 0) is 4.79 Å². The first kappa shape index (κ1) is 24.0. The molecule has 0 spiro atoms. The van der Waals surface area contributed by atoms with Crippen LogP contribution in [0, 0.1) is 5.92 Å². The van der Waals surface area contributed by atoms with E-state index in [0.717, 1.165) is 11.3 Å². The van der Waals surface area contributed by atoms with Crippen LogP contribution in [0.25, 0.3) is 6.08 Å². The fraction of sp³-hybridized carbons (Fsp3) is 0.207. The smallest absolute Gasteiger partial charge is 0.335 e. The van der Waals surface area contributed by atoms with E-state index in [0.29, 0.717) is 28.6 Å². The van der Waals surface area contributed by atoms with Crippen LogP contribution in [0.3, 0.4) is 0 Å². The highest BCUT2D eigenvalue weighted by molar-refractivity contribution is 6.33. The number of carbonyl (C=O) groups excluding carboxylic acids is 1. The predicted octanol–water partition coefficient (Wildman–Crippen LogP) is 6.74. The number of carbonyl (C=O) groups is 2. The number of nitrogens with zero attached hydrogens (tertiary/aromatic N) is 2. The van der Waals surface area contributed by atoms with Crippen molar-refractivity contribution in [3.8, 4) is 11.5 Å². The van der Waals surface area contributed by atoms with E-state index in [2.05, 4.69) is 31.1 Å². The molecule has 3 aromatic carbocycles. The normalized spacial score (nSPS) is 14.7. The lowest BCUT2D eigenvalue weighted by Gasteiger charge is -2.13. The first-order valence-electron chi connectivity index (χ1n) is 11.6. The summed E-state index contributed by atoms with van der Waals surface area (Å²) in [7, 11) is 0. The molecule has 0 saturated carbocycles. The fourth-order valence-electron chi connectivity index (χ4n) is 3.81. The zero-order valence-electron chi connectivity index (χ0n) is 20.2. The molecule has 0 atom stereocenters.